The lowest BCUT2D eigenvalue weighted by molar-refractivity contribution is -0.0794. The van der Waals surface area contributed by atoms with E-state index in [9.17, 15) is 4.39 Å². The Labute approximate surface area is 113 Å². The summed E-state index contributed by atoms with van der Waals surface area (Å²) < 4.78 is 23.9. The fraction of sp³-hybridized carbons (Fsp3) is 0.571. The number of ether oxygens (including phenoxy) is 2. The summed E-state index contributed by atoms with van der Waals surface area (Å²) in [6.07, 6.45) is 1.14. The van der Waals surface area contributed by atoms with Gasteiger partial charge in [-0.15, -0.1) is 0 Å². The third-order valence-electron chi connectivity index (χ3n) is 4.12. The van der Waals surface area contributed by atoms with Crippen molar-refractivity contribution in [1.29, 1.82) is 0 Å². The van der Waals surface area contributed by atoms with E-state index in [1.54, 1.807) is 13.2 Å². The number of methoxy groups -OCH3 is 2. The van der Waals surface area contributed by atoms with Crippen LogP contribution in [0.15, 0.2) is 12.1 Å². The second kappa shape index (κ2) is 4.89. The van der Waals surface area contributed by atoms with Crippen molar-refractivity contribution in [3.63, 3.8) is 0 Å². The van der Waals surface area contributed by atoms with Crippen LogP contribution in [0.2, 0.25) is 0 Å². The number of nitrogens with two attached hydrogens (primary N) is 1. The van der Waals surface area contributed by atoms with Gasteiger partial charge >= 0.3 is 0 Å². The molecule has 1 fully saturated rings. The molecule has 1 aromatic rings. The highest BCUT2D eigenvalue weighted by Crippen LogP contribution is 2.45. The van der Waals surface area contributed by atoms with Crippen molar-refractivity contribution < 1.29 is 13.9 Å². The average Bonchev–Trinajstić information content (AvgIpc) is 2.36. The molecule has 1 aromatic carbocycles. The molecular weight excluding hydrogens is 247 g/mol. The van der Waals surface area contributed by atoms with Crippen LogP contribution in [0.25, 0.3) is 0 Å². The minimum atomic E-state index is -0.451. The molecule has 0 radical (unpaired) electrons. The molecule has 2 unspecified atom stereocenters. The van der Waals surface area contributed by atoms with Crippen LogP contribution in [-0.4, -0.2) is 26.4 Å². The van der Waals surface area contributed by atoms with E-state index in [-0.39, 0.29) is 23.3 Å². The molecule has 5 heteroatoms. The summed E-state index contributed by atoms with van der Waals surface area (Å²) in [7, 11) is 3.16. The van der Waals surface area contributed by atoms with Crippen molar-refractivity contribution >= 4 is 11.4 Å². The number of nitrogens with one attached hydrogen (secondary N) is 1. The van der Waals surface area contributed by atoms with Crippen molar-refractivity contribution in [1.82, 2.24) is 0 Å². The molecule has 0 heterocycles. The topological polar surface area (TPSA) is 56.5 Å². The van der Waals surface area contributed by atoms with Crippen molar-refractivity contribution in [2.45, 2.75) is 32.4 Å². The van der Waals surface area contributed by atoms with Gasteiger partial charge < -0.3 is 20.5 Å². The molecule has 0 aliphatic heterocycles. The number of hydrogen-bond donors (Lipinski definition) is 2. The zero-order valence-electron chi connectivity index (χ0n) is 11.8. The Kier molecular flexibility index (Phi) is 3.58. The second-order valence-electron chi connectivity index (χ2n) is 5.55. The van der Waals surface area contributed by atoms with Gasteiger partial charge in [0.15, 0.2) is 11.6 Å². The van der Waals surface area contributed by atoms with Crippen LogP contribution in [0.3, 0.4) is 0 Å². The highest BCUT2D eigenvalue weighted by Gasteiger charge is 2.48. The van der Waals surface area contributed by atoms with E-state index in [0.717, 1.165) is 6.42 Å². The van der Waals surface area contributed by atoms with E-state index >= 15 is 0 Å². The maximum atomic E-state index is 13.5. The smallest absolute Gasteiger partial charge is 0.167 e. The lowest BCUT2D eigenvalue weighted by atomic mass is 9.64. The Morgan fingerprint density at radius 3 is 2.58 bits per heavy atom. The maximum absolute atomic E-state index is 13.5. The molecule has 2 atom stereocenters. The first-order valence-electron chi connectivity index (χ1n) is 6.32. The normalized spacial score (nSPS) is 24.7. The van der Waals surface area contributed by atoms with Gasteiger partial charge in [0.25, 0.3) is 0 Å². The van der Waals surface area contributed by atoms with Crippen LogP contribution in [-0.2, 0) is 4.74 Å². The zero-order valence-corrected chi connectivity index (χ0v) is 11.8. The summed E-state index contributed by atoms with van der Waals surface area (Å²) in [6.45, 7) is 4.28. The van der Waals surface area contributed by atoms with Gasteiger partial charge in [0.05, 0.1) is 24.6 Å². The van der Waals surface area contributed by atoms with Crippen LogP contribution in [0.1, 0.15) is 20.3 Å². The van der Waals surface area contributed by atoms with E-state index in [0.29, 0.717) is 11.4 Å². The van der Waals surface area contributed by atoms with Crippen LogP contribution < -0.4 is 15.8 Å². The van der Waals surface area contributed by atoms with Crippen molar-refractivity contribution in [2.75, 3.05) is 25.3 Å². The van der Waals surface area contributed by atoms with E-state index in [1.165, 1.54) is 13.2 Å². The zero-order chi connectivity index (χ0) is 14.2. The first kappa shape index (κ1) is 13.9. The summed E-state index contributed by atoms with van der Waals surface area (Å²) >= 11 is 0. The maximum Gasteiger partial charge on any atom is 0.167 e. The molecule has 0 aromatic heterocycles. The van der Waals surface area contributed by atoms with Crippen LogP contribution in [0.4, 0.5) is 15.8 Å². The molecule has 19 heavy (non-hydrogen) atoms. The summed E-state index contributed by atoms with van der Waals surface area (Å²) in [6, 6.07) is 3.12. The number of benzene rings is 1. The Morgan fingerprint density at radius 1 is 1.37 bits per heavy atom. The molecule has 106 valence electrons. The molecule has 1 aliphatic carbocycles. The number of rotatable bonds is 4. The lowest BCUT2D eigenvalue weighted by Crippen LogP contribution is -2.57. The standard InChI is InChI=1S/C14H21FN2O2/c1-14(2)12(7-13(14)19-4)17-10-6-11(18-3)8(15)5-9(10)16/h5-6,12-13,17H,7,16H2,1-4H3. The highest BCUT2D eigenvalue weighted by molar-refractivity contribution is 5.69. The van der Waals surface area contributed by atoms with Crippen LogP contribution in [0, 0.1) is 11.2 Å². The van der Waals surface area contributed by atoms with Crippen LogP contribution >= 0.6 is 0 Å². The summed E-state index contributed by atoms with van der Waals surface area (Å²) in [4.78, 5) is 0. The predicted molar refractivity (Wildman–Crippen MR) is 74.0 cm³/mol. The van der Waals surface area contributed by atoms with E-state index in [4.69, 9.17) is 15.2 Å². The molecule has 0 bridgehead atoms. The average molecular weight is 268 g/mol. The van der Waals surface area contributed by atoms with Gasteiger partial charge in [-0.1, -0.05) is 13.8 Å². The van der Waals surface area contributed by atoms with E-state index in [1.807, 2.05) is 0 Å². The fourth-order valence-electron chi connectivity index (χ4n) is 2.57. The molecule has 0 spiro atoms. The van der Waals surface area contributed by atoms with Crippen LogP contribution in [0.5, 0.6) is 5.75 Å². The molecule has 0 saturated heterocycles. The van der Waals surface area contributed by atoms with E-state index < -0.39 is 5.82 Å². The lowest BCUT2D eigenvalue weighted by Gasteiger charge is -2.51. The third kappa shape index (κ3) is 2.34. The van der Waals surface area contributed by atoms with E-state index in [2.05, 4.69) is 19.2 Å². The predicted octanol–water partition coefficient (Wildman–Crippen LogP) is 2.64. The van der Waals surface area contributed by atoms with Gasteiger partial charge in [0, 0.05) is 30.7 Å². The largest absolute Gasteiger partial charge is 0.494 e. The number of hydrogen-bond acceptors (Lipinski definition) is 4. The Bertz CT molecular complexity index is 477. The van der Waals surface area contributed by atoms with Crippen molar-refractivity contribution in [3.05, 3.63) is 17.9 Å². The van der Waals surface area contributed by atoms with Gasteiger partial charge in [-0.05, 0) is 6.42 Å². The monoisotopic (exact) mass is 268 g/mol. The molecule has 2 rings (SSSR count). The summed E-state index contributed by atoms with van der Waals surface area (Å²) in [5.74, 6) is -0.259. The Hall–Kier alpha value is -1.49. The van der Waals surface area contributed by atoms with Crippen molar-refractivity contribution in [3.8, 4) is 5.75 Å². The SMILES string of the molecule is COc1cc(NC2CC(OC)C2(C)C)c(N)cc1F. The minimum Gasteiger partial charge on any atom is -0.494 e. The number of anilines is 2. The number of nitrogen functional groups attached to an aromatic ring is 1. The van der Waals surface area contributed by atoms with Crippen molar-refractivity contribution in [2.24, 2.45) is 5.41 Å². The van der Waals surface area contributed by atoms with Gasteiger partial charge in [-0.3, -0.25) is 0 Å². The molecule has 1 aliphatic rings. The Morgan fingerprint density at radius 2 is 2.05 bits per heavy atom. The molecular formula is C14H21FN2O2. The molecule has 3 N–H and O–H groups in total. The highest BCUT2D eigenvalue weighted by atomic mass is 19.1. The quantitative estimate of drug-likeness (QED) is 0.824. The number of halogens is 1. The first-order chi connectivity index (χ1) is 8.90. The molecule has 1 saturated carbocycles. The van der Waals surface area contributed by atoms with Gasteiger partial charge in [0.2, 0.25) is 0 Å². The second-order valence-corrected chi connectivity index (χ2v) is 5.55. The van der Waals surface area contributed by atoms with Gasteiger partial charge in [0.1, 0.15) is 0 Å². The minimum absolute atomic E-state index is 0.0167. The Balaban J connectivity index is 2.17. The fourth-order valence-corrected chi connectivity index (χ4v) is 2.57. The first-order valence-corrected chi connectivity index (χ1v) is 6.32. The van der Waals surface area contributed by atoms with Gasteiger partial charge in [-0.2, -0.15) is 0 Å². The molecule has 4 nitrogen and oxygen atoms in total. The summed E-state index contributed by atoms with van der Waals surface area (Å²) in [5, 5.41) is 3.35. The summed E-state index contributed by atoms with van der Waals surface area (Å²) in [5.41, 5.74) is 6.94. The van der Waals surface area contributed by atoms with Gasteiger partial charge in [-0.25, -0.2) is 4.39 Å². The molecule has 0 amide bonds. The third-order valence-corrected chi connectivity index (χ3v) is 4.12.